The molecule has 18 heavy (non-hydrogen) atoms. The highest BCUT2D eigenvalue weighted by Gasteiger charge is 2.07. The second-order valence-electron chi connectivity index (χ2n) is 3.89. The fraction of sp³-hybridized carbons (Fsp3) is 0.500. The predicted molar refractivity (Wildman–Crippen MR) is 68.5 cm³/mol. The fourth-order valence-corrected chi connectivity index (χ4v) is 1.32. The molecular formula is C14H20O4. The van der Waals surface area contributed by atoms with E-state index in [9.17, 15) is 4.79 Å². The third kappa shape index (κ3) is 5.08. The molecule has 0 unspecified atom stereocenters. The average Bonchev–Trinajstić information content (AvgIpc) is 2.42. The van der Waals surface area contributed by atoms with Crippen molar-refractivity contribution in [3.05, 3.63) is 24.3 Å². The van der Waals surface area contributed by atoms with E-state index in [1.165, 1.54) is 0 Å². The van der Waals surface area contributed by atoms with Crippen LogP contribution in [0.1, 0.15) is 39.5 Å². The molecule has 100 valence electrons. The zero-order valence-electron chi connectivity index (χ0n) is 11.0. The predicted octanol–water partition coefficient (Wildman–Crippen LogP) is 3.50. The highest BCUT2D eigenvalue weighted by atomic mass is 17.2. The summed E-state index contributed by atoms with van der Waals surface area (Å²) in [5.41, 5.74) is 0. The van der Waals surface area contributed by atoms with Crippen molar-refractivity contribution >= 4 is 5.97 Å². The van der Waals surface area contributed by atoms with Crippen LogP contribution in [-0.4, -0.2) is 12.6 Å². The van der Waals surface area contributed by atoms with E-state index in [0.29, 0.717) is 18.1 Å². The molecule has 4 nitrogen and oxygen atoms in total. The van der Waals surface area contributed by atoms with Crippen LogP contribution in [-0.2, 0) is 9.68 Å². The Hall–Kier alpha value is -1.71. The van der Waals surface area contributed by atoms with Crippen molar-refractivity contribution in [2.45, 2.75) is 39.5 Å². The van der Waals surface area contributed by atoms with Gasteiger partial charge in [-0.25, -0.2) is 4.79 Å². The SMILES string of the molecule is CCCCCOc1ccccc1OOC(=O)CC. The van der Waals surface area contributed by atoms with E-state index in [0.717, 1.165) is 19.3 Å². The lowest BCUT2D eigenvalue weighted by molar-refractivity contribution is -0.213. The maximum atomic E-state index is 11.0. The van der Waals surface area contributed by atoms with Gasteiger partial charge in [-0.05, 0) is 18.6 Å². The molecule has 0 saturated carbocycles. The van der Waals surface area contributed by atoms with Gasteiger partial charge in [-0.2, -0.15) is 0 Å². The summed E-state index contributed by atoms with van der Waals surface area (Å²) >= 11 is 0. The lowest BCUT2D eigenvalue weighted by Gasteiger charge is -2.10. The lowest BCUT2D eigenvalue weighted by atomic mass is 10.3. The van der Waals surface area contributed by atoms with E-state index >= 15 is 0 Å². The van der Waals surface area contributed by atoms with Gasteiger partial charge in [0.2, 0.25) is 5.75 Å². The first-order valence-corrected chi connectivity index (χ1v) is 6.37. The molecule has 0 amide bonds. The number of carbonyl (C=O) groups is 1. The van der Waals surface area contributed by atoms with Crippen molar-refractivity contribution in [1.82, 2.24) is 0 Å². The summed E-state index contributed by atoms with van der Waals surface area (Å²) in [5, 5.41) is 0. The second kappa shape index (κ2) is 8.39. The Kier molecular flexibility index (Phi) is 6.69. The van der Waals surface area contributed by atoms with E-state index in [1.54, 1.807) is 25.1 Å². The number of ether oxygens (including phenoxy) is 1. The summed E-state index contributed by atoms with van der Waals surface area (Å²) in [7, 11) is 0. The van der Waals surface area contributed by atoms with Gasteiger partial charge in [0.25, 0.3) is 0 Å². The smallest absolute Gasteiger partial charge is 0.355 e. The van der Waals surface area contributed by atoms with Gasteiger partial charge in [-0.15, -0.1) is 0 Å². The molecule has 0 aliphatic heterocycles. The maximum Gasteiger partial charge on any atom is 0.355 e. The first-order valence-electron chi connectivity index (χ1n) is 6.37. The van der Waals surface area contributed by atoms with Crippen molar-refractivity contribution in [2.24, 2.45) is 0 Å². The molecule has 0 radical (unpaired) electrons. The van der Waals surface area contributed by atoms with E-state index in [4.69, 9.17) is 9.62 Å². The topological polar surface area (TPSA) is 44.8 Å². The quantitative estimate of drug-likeness (QED) is 0.403. The van der Waals surface area contributed by atoms with Gasteiger partial charge >= 0.3 is 5.97 Å². The molecule has 0 fully saturated rings. The van der Waals surface area contributed by atoms with Crippen LogP contribution >= 0.6 is 0 Å². The molecule has 1 aromatic carbocycles. The molecule has 0 aliphatic rings. The molecule has 0 bridgehead atoms. The van der Waals surface area contributed by atoms with Crippen molar-refractivity contribution in [3.63, 3.8) is 0 Å². The Bertz CT molecular complexity index is 363. The van der Waals surface area contributed by atoms with Gasteiger partial charge in [-0.3, -0.25) is 9.78 Å². The first kappa shape index (κ1) is 14.4. The molecular weight excluding hydrogens is 232 g/mol. The van der Waals surface area contributed by atoms with Gasteiger partial charge in [-0.1, -0.05) is 38.8 Å². The van der Waals surface area contributed by atoms with Crippen molar-refractivity contribution in [2.75, 3.05) is 6.61 Å². The Morgan fingerprint density at radius 2 is 1.83 bits per heavy atom. The molecule has 0 heterocycles. The molecule has 1 aromatic rings. The van der Waals surface area contributed by atoms with Crippen LogP contribution in [0.25, 0.3) is 0 Å². The number of hydrogen-bond acceptors (Lipinski definition) is 4. The van der Waals surface area contributed by atoms with Crippen LogP contribution in [0.5, 0.6) is 11.5 Å². The molecule has 0 atom stereocenters. The monoisotopic (exact) mass is 252 g/mol. The number of benzene rings is 1. The van der Waals surface area contributed by atoms with Gasteiger partial charge < -0.3 is 4.74 Å². The van der Waals surface area contributed by atoms with Gasteiger partial charge in [0.1, 0.15) is 0 Å². The van der Waals surface area contributed by atoms with E-state index < -0.39 is 5.97 Å². The first-order chi connectivity index (χ1) is 8.77. The highest BCUT2D eigenvalue weighted by Crippen LogP contribution is 2.26. The Morgan fingerprint density at radius 1 is 1.11 bits per heavy atom. The zero-order valence-corrected chi connectivity index (χ0v) is 11.0. The number of carbonyl (C=O) groups excluding carboxylic acids is 1. The van der Waals surface area contributed by atoms with Crippen LogP contribution in [0.2, 0.25) is 0 Å². The van der Waals surface area contributed by atoms with Crippen LogP contribution in [0.4, 0.5) is 0 Å². The fourth-order valence-electron chi connectivity index (χ4n) is 1.32. The van der Waals surface area contributed by atoms with Crippen molar-refractivity contribution < 1.29 is 19.3 Å². The molecule has 0 saturated heterocycles. The van der Waals surface area contributed by atoms with Crippen LogP contribution in [0.15, 0.2) is 24.3 Å². The lowest BCUT2D eigenvalue weighted by Crippen LogP contribution is -2.07. The zero-order chi connectivity index (χ0) is 13.2. The molecule has 0 N–H and O–H groups in total. The summed E-state index contributed by atoms with van der Waals surface area (Å²) in [6.45, 7) is 4.48. The van der Waals surface area contributed by atoms with E-state index in [1.807, 2.05) is 6.07 Å². The highest BCUT2D eigenvalue weighted by molar-refractivity contribution is 5.68. The minimum atomic E-state index is -0.407. The summed E-state index contributed by atoms with van der Waals surface area (Å²) in [4.78, 5) is 20.6. The maximum absolute atomic E-state index is 11.0. The Balaban J connectivity index is 2.48. The number of para-hydroxylation sites is 2. The number of unbranched alkanes of at least 4 members (excludes halogenated alkanes) is 2. The minimum Gasteiger partial charge on any atom is -0.489 e. The Morgan fingerprint density at radius 3 is 2.50 bits per heavy atom. The van der Waals surface area contributed by atoms with E-state index in [-0.39, 0.29) is 6.42 Å². The number of rotatable bonds is 8. The number of hydrogen-bond donors (Lipinski definition) is 0. The standard InChI is InChI=1S/C14H20O4/c1-3-5-8-11-16-12-9-6-7-10-13(12)17-18-14(15)4-2/h6-7,9-10H,3-5,8,11H2,1-2H3. The van der Waals surface area contributed by atoms with Gasteiger partial charge in [0.05, 0.1) is 6.61 Å². The van der Waals surface area contributed by atoms with Gasteiger partial charge in [0.15, 0.2) is 5.75 Å². The summed E-state index contributed by atoms with van der Waals surface area (Å²) in [5.74, 6) is 0.615. The third-order valence-electron chi connectivity index (χ3n) is 2.37. The molecule has 0 spiro atoms. The second-order valence-corrected chi connectivity index (χ2v) is 3.89. The largest absolute Gasteiger partial charge is 0.489 e. The van der Waals surface area contributed by atoms with Crippen molar-refractivity contribution in [1.29, 1.82) is 0 Å². The minimum absolute atomic E-state index is 0.277. The van der Waals surface area contributed by atoms with Crippen molar-refractivity contribution in [3.8, 4) is 11.5 Å². The van der Waals surface area contributed by atoms with Crippen LogP contribution < -0.4 is 9.62 Å². The average molecular weight is 252 g/mol. The molecule has 0 aromatic heterocycles. The third-order valence-corrected chi connectivity index (χ3v) is 2.37. The summed E-state index contributed by atoms with van der Waals surface area (Å²) in [6, 6.07) is 7.15. The molecule has 0 aliphatic carbocycles. The molecule has 4 heteroatoms. The molecule has 1 rings (SSSR count). The van der Waals surface area contributed by atoms with E-state index in [2.05, 4.69) is 11.8 Å². The summed E-state index contributed by atoms with van der Waals surface area (Å²) < 4.78 is 5.59. The van der Waals surface area contributed by atoms with Crippen LogP contribution in [0.3, 0.4) is 0 Å². The van der Waals surface area contributed by atoms with Gasteiger partial charge in [0, 0.05) is 6.42 Å². The normalized spacial score (nSPS) is 9.89. The Labute approximate surface area is 108 Å². The van der Waals surface area contributed by atoms with Crippen LogP contribution in [0, 0.1) is 0 Å². The summed E-state index contributed by atoms with van der Waals surface area (Å²) in [6.07, 6.45) is 3.56.